The van der Waals surface area contributed by atoms with Gasteiger partial charge in [0.2, 0.25) is 0 Å². The Balaban J connectivity index is 0.000000156. The molecule has 17 nitrogen and oxygen atoms in total. The molecule has 24 heteroatoms. The number of pyridine rings is 8. The first-order valence-electron chi connectivity index (χ1n) is 43.1. The number of carbonyl (C=O) groups excluding carboxylic acids is 2. The van der Waals surface area contributed by atoms with E-state index in [0.717, 1.165) is 107 Å². The molecule has 0 unspecified atom stereocenters. The molecule has 0 amide bonds. The molecule has 15 aromatic heterocycles. The molecule has 5 radical (unpaired) electrons. The molecule has 22 aromatic rings. The third kappa shape index (κ3) is 21.3. The van der Waals surface area contributed by atoms with Crippen LogP contribution in [0.4, 0.5) is 0 Å². The van der Waals surface area contributed by atoms with Crippen LogP contribution in [0.15, 0.2) is 231 Å². The summed E-state index contributed by atoms with van der Waals surface area (Å²) in [7, 11) is 0. The van der Waals surface area contributed by atoms with E-state index in [9.17, 15) is 9.59 Å². The van der Waals surface area contributed by atoms with Crippen LogP contribution in [-0.2, 0) is 123 Å². The summed E-state index contributed by atoms with van der Waals surface area (Å²) in [5.74, 6) is -0.125. The van der Waals surface area contributed by atoms with Gasteiger partial charge in [0.05, 0.1) is 71.9 Å². The Bertz CT molecular complexity index is 7600. The van der Waals surface area contributed by atoms with E-state index in [-0.39, 0.29) is 134 Å². The predicted molar refractivity (Wildman–Crippen MR) is 533 cm³/mol. The average Bonchev–Trinajstić information content (AvgIpc) is 1.57. The number of hydrogen-bond donors (Lipinski definition) is 2. The van der Waals surface area contributed by atoms with Crippen molar-refractivity contribution in [3.8, 4) is 22.5 Å². The Labute approximate surface area is 855 Å². The number of aliphatic hydroxyl groups is 2. The molecule has 2 N–H and O–H groups in total. The Morgan fingerprint density at radius 1 is 0.388 bits per heavy atom. The quantitative estimate of drug-likeness (QED) is 0.0692. The van der Waals surface area contributed by atoms with Gasteiger partial charge in [-0.3, -0.25) is 33.6 Å². The summed E-state index contributed by atoms with van der Waals surface area (Å²) in [6, 6.07) is 75.8. The summed E-state index contributed by atoms with van der Waals surface area (Å²) < 4.78 is 10.7. The van der Waals surface area contributed by atoms with E-state index in [2.05, 4.69) is 309 Å². The summed E-state index contributed by atoms with van der Waals surface area (Å²) in [6.07, 6.45) is 16.0. The van der Waals surface area contributed by atoms with Gasteiger partial charge in [-0.1, -0.05) is 172 Å². The number of allylic oxidation sites excluding steroid dienone is 4. The number of thiophene rings is 2. The van der Waals surface area contributed by atoms with Crippen LogP contribution in [0.25, 0.3) is 158 Å². The standard InChI is InChI=1S/2C26H25N2S.3C16H12N3.2C5H8O2.5Ir/c2*1-16-9-8-10-17(2)23(16)22-15-27-24-20-12-7-6-11-19(20)21-13-18(14-26(3,4)5)29-25(21)28(22)24;1-10-5-3-7-13-14(10)15-12(6-4-8-17-15)16-18-11(2)9-19(13)16;2*1-10-5-3-6-12-14-9-11(2)18-19(14)13-7-4-8-17-16(13)15(10)12;2*1-4(6)3-5(2)7;;;;;/h2*6-11,13,15H,14H2,1-5H3;3-5,7-9H,1-2H3;2*3-6,8-9H,1-2H3;2*3,6H,1-2H3;;;;;/q5*-1;;;;;;;. The van der Waals surface area contributed by atoms with E-state index in [1.54, 1.807) is 18.6 Å². The van der Waals surface area contributed by atoms with Crippen molar-refractivity contribution in [2.45, 2.75) is 151 Å². The van der Waals surface area contributed by atoms with Gasteiger partial charge in [0.1, 0.15) is 0 Å². The minimum absolute atomic E-state index is 0. The van der Waals surface area contributed by atoms with Gasteiger partial charge >= 0.3 is 0 Å². The van der Waals surface area contributed by atoms with Crippen LogP contribution in [0.3, 0.4) is 0 Å². The second-order valence-electron chi connectivity index (χ2n) is 35.8. The van der Waals surface area contributed by atoms with E-state index in [0.29, 0.717) is 0 Å². The fraction of sp³-hybridized carbons (Fsp3) is 0.218. The molecule has 0 saturated carbocycles. The second kappa shape index (κ2) is 43.0. The van der Waals surface area contributed by atoms with Crippen LogP contribution >= 0.6 is 22.7 Å². The number of carbonyl (C=O) groups is 2. The van der Waals surface area contributed by atoms with Gasteiger partial charge in [-0.15, -0.1) is 94.1 Å². The number of rotatable bonds is 6. The van der Waals surface area contributed by atoms with Crippen molar-refractivity contribution in [1.82, 2.24) is 62.3 Å². The fourth-order valence-corrected chi connectivity index (χ4v) is 20.6. The van der Waals surface area contributed by atoms with Crippen molar-refractivity contribution in [1.29, 1.82) is 0 Å². The first kappa shape index (κ1) is 104. The van der Waals surface area contributed by atoms with Gasteiger partial charge in [0.25, 0.3) is 0 Å². The van der Waals surface area contributed by atoms with Gasteiger partial charge in [-0.25, -0.2) is 0 Å². The Morgan fingerprint density at radius 2 is 0.754 bits per heavy atom. The molecule has 0 fully saturated rings. The van der Waals surface area contributed by atoms with Crippen molar-refractivity contribution >= 4 is 170 Å². The number of imidazole rings is 3. The number of aromatic nitrogens is 13. The van der Waals surface area contributed by atoms with E-state index in [4.69, 9.17) is 20.2 Å². The van der Waals surface area contributed by atoms with Crippen LogP contribution in [0.1, 0.15) is 135 Å². The fourth-order valence-electron chi connectivity index (χ4n) is 17.6. The smallest absolute Gasteiger partial charge is 0.155 e. The van der Waals surface area contributed by atoms with Gasteiger partial charge in [-0.2, -0.15) is 34.5 Å². The number of benzene rings is 7. The van der Waals surface area contributed by atoms with Gasteiger partial charge < -0.3 is 38.4 Å². The SMILES string of the molecule is CC(=O)C=C(C)O.CC(=O)C=C(C)O.Cc1cc2c3cccc(C)c3c3ncc[c-]c3n2n1.Cc1cc2c3cccc(C)c3c3ncc[c-]c3n2n1.Cc1cccc(C)c1-c1cnc2c3[c-]cccc3c3cc(CC(C)(C)C)sc3n12.Cc1cccc(C)c1-c1cnc2c3[c-]cccc3c3cc(CC(C)(C)C)sc3n12.Cc1cn2c3cccc(C)c3c3ncc[c-]c3c2n1.[Ir].[Ir].[Ir].[Ir].[Ir]. The van der Waals surface area contributed by atoms with E-state index in [1.165, 1.54) is 169 Å². The van der Waals surface area contributed by atoms with Crippen LogP contribution < -0.4 is 0 Å². The monoisotopic (exact) mass is 2700 g/mol. The van der Waals surface area contributed by atoms with Crippen molar-refractivity contribution < 1.29 is 120 Å². The molecule has 0 saturated heterocycles. The third-order valence-corrected chi connectivity index (χ3v) is 24.8. The largest absolute Gasteiger partial charge is 0.512 e. The second-order valence-corrected chi connectivity index (χ2v) is 38.0. The molecule has 0 atom stereocenters. The van der Waals surface area contributed by atoms with Crippen molar-refractivity contribution in [2.75, 3.05) is 0 Å². The van der Waals surface area contributed by atoms with Crippen LogP contribution in [0, 0.1) is 110 Å². The minimum Gasteiger partial charge on any atom is -0.512 e. The number of ketones is 2. The van der Waals surface area contributed by atoms with E-state index < -0.39 is 0 Å². The van der Waals surface area contributed by atoms with Crippen molar-refractivity contribution in [3.63, 3.8) is 0 Å². The maximum Gasteiger partial charge on any atom is 0.155 e. The van der Waals surface area contributed by atoms with Crippen LogP contribution in [0.2, 0.25) is 0 Å². The van der Waals surface area contributed by atoms with Crippen LogP contribution in [0.5, 0.6) is 0 Å². The molecule has 0 aliphatic heterocycles. The Hall–Kier alpha value is -10.9. The van der Waals surface area contributed by atoms with Gasteiger partial charge in [0, 0.05) is 163 Å². The average molecular weight is 2700 g/mol. The normalized spacial score (nSPS) is 11.6. The topological polar surface area (TPSA) is 200 Å². The molecular formula is C110H102Ir5N13O4S2-5. The number of fused-ring (bicyclic) bond motifs is 30. The Morgan fingerprint density at radius 3 is 1.15 bits per heavy atom. The van der Waals surface area contributed by atoms with E-state index >= 15 is 0 Å². The number of hydrogen-bond acceptors (Lipinski definition) is 14. The molecule has 134 heavy (non-hydrogen) atoms. The minimum atomic E-state index is -0.125. The number of nitrogens with zero attached hydrogens (tertiary/aromatic N) is 13. The summed E-state index contributed by atoms with van der Waals surface area (Å²) in [6.45, 7) is 40.7. The molecule has 0 aliphatic carbocycles. The van der Waals surface area contributed by atoms with E-state index in [1.807, 2.05) is 95.2 Å². The third-order valence-electron chi connectivity index (χ3n) is 22.5. The zero-order chi connectivity index (χ0) is 91.3. The van der Waals surface area contributed by atoms with Crippen molar-refractivity contribution in [2.24, 2.45) is 10.8 Å². The zero-order valence-electron chi connectivity index (χ0n) is 78.2. The maximum atomic E-state index is 10.0. The molecule has 0 bridgehead atoms. The zero-order valence-corrected chi connectivity index (χ0v) is 91.8. The van der Waals surface area contributed by atoms with Gasteiger partial charge in [0.15, 0.2) is 11.6 Å². The first-order valence-corrected chi connectivity index (χ1v) is 44.8. The molecule has 693 valence electrons. The predicted octanol–water partition coefficient (Wildman–Crippen LogP) is 27.2. The Kier molecular flexibility index (Phi) is 33.2. The summed E-state index contributed by atoms with van der Waals surface area (Å²) in [5.41, 5.74) is 28.3. The summed E-state index contributed by atoms with van der Waals surface area (Å²) in [5, 5.41) is 40.1. The molecule has 0 aliphatic rings. The summed E-state index contributed by atoms with van der Waals surface area (Å²) in [4.78, 5) is 53.4. The van der Waals surface area contributed by atoms with Crippen LogP contribution in [-0.4, -0.2) is 84.1 Å². The number of aliphatic hydroxyl groups excluding tert-OH is 2. The molecular weight excluding hydrogens is 2590 g/mol. The molecule has 22 rings (SSSR count). The summed E-state index contributed by atoms with van der Waals surface area (Å²) >= 11 is 3.81. The van der Waals surface area contributed by atoms with Gasteiger partial charge in [-0.05, 0) is 244 Å². The first-order chi connectivity index (χ1) is 61.7. The number of aryl methyl sites for hydroxylation is 10. The maximum absolute atomic E-state index is 10.0. The van der Waals surface area contributed by atoms with Crippen molar-refractivity contribution in [3.05, 3.63) is 327 Å². The molecule has 0 spiro atoms. The molecule has 7 aromatic carbocycles. The molecule has 15 heterocycles.